The molecule has 1 aromatic carbocycles. The van der Waals surface area contributed by atoms with Crippen molar-refractivity contribution in [3.63, 3.8) is 0 Å². The molecule has 0 aliphatic carbocycles. The predicted octanol–water partition coefficient (Wildman–Crippen LogP) is 4.01. The third kappa shape index (κ3) is 3.52. The van der Waals surface area contributed by atoms with E-state index in [4.69, 9.17) is 9.15 Å². The van der Waals surface area contributed by atoms with Gasteiger partial charge in [-0.15, -0.1) is 11.3 Å². The molecule has 4 rings (SSSR count). The molecule has 3 aromatic rings. The van der Waals surface area contributed by atoms with Crippen molar-refractivity contribution in [2.75, 3.05) is 6.61 Å². The molecular weight excluding hydrogens is 382 g/mol. The van der Waals surface area contributed by atoms with Crippen molar-refractivity contribution in [3.05, 3.63) is 80.9 Å². The second kappa shape index (κ2) is 7.65. The number of para-hydroxylation sites is 2. The van der Waals surface area contributed by atoms with Gasteiger partial charge in [0.1, 0.15) is 11.5 Å². The van der Waals surface area contributed by atoms with Gasteiger partial charge in [-0.05, 0) is 29.6 Å². The van der Waals surface area contributed by atoms with Gasteiger partial charge in [0, 0.05) is 17.4 Å². The number of hydrogen-bond donors (Lipinski definition) is 0. The number of amides is 1. The molecule has 0 radical (unpaired) electrons. The summed E-state index contributed by atoms with van der Waals surface area (Å²) in [5.74, 6) is 0.262. The molecule has 28 heavy (non-hydrogen) atoms. The molecule has 142 valence electrons. The van der Waals surface area contributed by atoms with E-state index < -0.39 is 10.8 Å². The largest absolute Gasteiger partial charge is 0.477 e. The Kier molecular flexibility index (Phi) is 4.90. The Labute approximate surface area is 163 Å². The van der Waals surface area contributed by atoms with Gasteiger partial charge in [0.2, 0.25) is 0 Å². The summed E-state index contributed by atoms with van der Waals surface area (Å²) in [4.78, 5) is 24.4. The lowest BCUT2D eigenvalue weighted by atomic mass is 10.1. The standard InChI is InChI=1S/C19H15N3O5S/c23-19(12-27-17-6-2-1-5-14(17)22(24)25)21-15(18-8-4-10-28-18)11-13(20-21)16-7-3-9-26-16/h1-10,15H,11-12H2. The van der Waals surface area contributed by atoms with Crippen LogP contribution in [-0.4, -0.2) is 28.2 Å². The maximum atomic E-state index is 12.8. The van der Waals surface area contributed by atoms with Gasteiger partial charge < -0.3 is 9.15 Å². The lowest BCUT2D eigenvalue weighted by molar-refractivity contribution is -0.385. The third-order valence-electron chi connectivity index (χ3n) is 4.26. The third-order valence-corrected chi connectivity index (χ3v) is 5.23. The number of rotatable bonds is 6. The van der Waals surface area contributed by atoms with Crippen molar-refractivity contribution in [1.82, 2.24) is 5.01 Å². The first-order valence-corrected chi connectivity index (χ1v) is 9.34. The zero-order valence-corrected chi connectivity index (χ0v) is 15.4. The van der Waals surface area contributed by atoms with Gasteiger partial charge in [0.15, 0.2) is 12.4 Å². The molecule has 1 aliphatic rings. The van der Waals surface area contributed by atoms with Crippen LogP contribution in [0.1, 0.15) is 23.1 Å². The molecule has 8 nitrogen and oxygen atoms in total. The van der Waals surface area contributed by atoms with E-state index in [0.29, 0.717) is 17.9 Å². The first-order chi connectivity index (χ1) is 13.6. The molecular formula is C19H15N3O5S. The Bertz CT molecular complexity index is 1010. The number of carbonyl (C=O) groups is 1. The fourth-order valence-corrected chi connectivity index (χ4v) is 3.78. The van der Waals surface area contributed by atoms with Crippen molar-refractivity contribution in [1.29, 1.82) is 0 Å². The van der Waals surface area contributed by atoms with Crippen LogP contribution in [0.15, 0.2) is 69.7 Å². The smallest absolute Gasteiger partial charge is 0.310 e. The minimum atomic E-state index is -0.544. The topological polar surface area (TPSA) is 98.2 Å². The van der Waals surface area contributed by atoms with Crippen LogP contribution in [0.25, 0.3) is 0 Å². The van der Waals surface area contributed by atoms with Crippen molar-refractivity contribution in [2.24, 2.45) is 5.10 Å². The fraction of sp³-hybridized carbons (Fsp3) is 0.158. The lowest BCUT2D eigenvalue weighted by Gasteiger charge is -2.20. The minimum absolute atomic E-state index is 0.0444. The summed E-state index contributed by atoms with van der Waals surface area (Å²) >= 11 is 1.53. The molecule has 0 saturated heterocycles. The molecule has 3 heterocycles. The van der Waals surface area contributed by atoms with Gasteiger partial charge in [-0.3, -0.25) is 14.9 Å². The fourth-order valence-electron chi connectivity index (χ4n) is 2.97. The van der Waals surface area contributed by atoms with Gasteiger partial charge in [-0.25, -0.2) is 5.01 Å². The van der Waals surface area contributed by atoms with Gasteiger partial charge >= 0.3 is 5.69 Å². The normalized spacial score (nSPS) is 16.1. The summed E-state index contributed by atoms with van der Waals surface area (Å²) in [6.07, 6.45) is 2.07. The number of thiophene rings is 1. The van der Waals surface area contributed by atoms with Crippen molar-refractivity contribution in [2.45, 2.75) is 12.5 Å². The average molecular weight is 397 g/mol. The molecule has 1 aliphatic heterocycles. The molecule has 1 unspecified atom stereocenters. The highest BCUT2D eigenvalue weighted by Crippen LogP contribution is 2.35. The van der Waals surface area contributed by atoms with Crippen molar-refractivity contribution < 1.29 is 18.9 Å². The predicted molar refractivity (Wildman–Crippen MR) is 102 cm³/mol. The van der Waals surface area contributed by atoms with E-state index in [1.54, 1.807) is 30.5 Å². The number of hydrogen-bond acceptors (Lipinski definition) is 7. The van der Waals surface area contributed by atoms with Crippen LogP contribution in [-0.2, 0) is 4.79 Å². The van der Waals surface area contributed by atoms with Crippen LogP contribution >= 0.6 is 11.3 Å². The summed E-state index contributed by atoms with van der Waals surface area (Å²) in [6.45, 7) is -0.359. The van der Waals surface area contributed by atoms with Gasteiger partial charge in [-0.2, -0.15) is 5.10 Å². The minimum Gasteiger partial charge on any atom is -0.477 e. The van der Waals surface area contributed by atoms with E-state index in [1.165, 1.54) is 28.5 Å². The molecule has 1 amide bonds. The number of furan rings is 1. The molecule has 9 heteroatoms. The van der Waals surface area contributed by atoms with E-state index in [-0.39, 0.29) is 24.1 Å². The zero-order valence-electron chi connectivity index (χ0n) is 14.6. The highest BCUT2D eigenvalue weighted by atomic mass is 32.1. The summed E-state index contributed by atoms with van der Waals surface area (Å²) in [5.41, 5.74) is 0.480. The van der Waals surface area contributed by atoms with E-state index >= 15 is 0 Å². The first-order valence-electron chi connectivity index (χ1n) is 8.46. The Balaban J connectivity index is 1.55. The molecule has 2 aromatic heterocycles. The number of ether oxygens (including phenoxy) is 1. The quantitative estimate of drug-likeness (QED) is 0.462. The van der Waals surface area contributed by atoms with E-state index in [9.17, 15) is 14.9 Å². The number of hydrazone groups is 1. The maximum absolute atomic E-state index is 12.8. The summed E-state index contributed by atoms with van der Waals surface area (Å²) < 4.78 is 10.9. The van der Waals surface area contributed by atoms with Crippen LogP contribution in [0.4, 0.5) is 5.69 Å². The van der Waals surface area contributed by atoms with Crippen LogP contribution in [0.5, 0.6) is 5.75 Å². The number of nitro benzene ring substituents is 1. The SMILES string of the molecule is O=C(COc1ccccc1[N+](=O)[O-])N1N=C(c2ccco2)CC1c1cccs1. The van der Waals surface area contributed by atoms with Gasteiger partial charge in [0.25, 0.3) is 5.91 Å². The molecule has 0 fully saturated rings. The summed E-state index contributed by atoms with van der Waals surface area (Å²) in [6, 6.07) is 13.1. The second-order valence-corrected chi connectivity index (χ2v) is 6.99. The van der Waals surface area contributed by atoms with Crippen LogP contribution in [0.3, 0.4) is 0 Å². The highest BCUT2D eigenvalue weighted by Gasteiger charge is 2.35. The zero-order chi connectivity index (χ0) is 19.5. The monoisotopic (exact) mass is 397 g/mol. The van der Waals surface area contributed by atoms with Crippen LogP contribution < -0.4 is 4.74 Å². The number of carbonyl (C=O) groups excluding carboxylic acids is 1. The maximum Gasteiger partial charge on any atom is 0.310 e. The Hall–Kier alpha value is -3.46. The number of nitrogens with zero attached hydrogens (tertiary/aromatic N) is 3. The molecule has 0 spiro atoms. The Morgan fingerprint density at radius 3 is 2.86 bits per heavy atom. The van der Waals surface area contributed by atoms with E-state index in [2.05, 4.69) is 5.10 Å². The molecule has 0 bridgehead atoms. The average Bonchev–Trinajstić information content (AvgIpc) is 3.46. The second-order valence-electron chi connectivity index (χ2n) is 6.01. The molecule has 0 N–H and O–H groups in total. The molecule has 0 saturated carbocycles. The first kappa shape index (κ1) is 17.9. The Morgan fingerprint density at radius 2 is 2.14 bits per heavy atom. The summed E-state index contributed by atoms with van der Waals surface area (Å²) in [7, 11) is 0. The number of nitro groups is 1. The molecule has 1 atom stereocenters. The lowest BCUT2D eigenvalue weighted by Crippen LogP contribution is -2.31. The van der Waals surface area contributed by atoms with E-state index in [0.717, 1.165) is 4.88 Å². The van der Waals surface area contributed by atoms with Crippen LogP contribution in [0, 0.1) is 10.1 Å². The van der Waals surface area contributed by atoms with Gasteiger partial charge in [0.05, 0.1) is 17.2 Å². The Morgan fingerprint density at radius 1 is 1.29 bits per heavy atom. The van der Waals surface area contributed by atoms with Crippen molar-refractivity contribution in [3.8, 4) is 5.75 Å². The van der Waals surface area contributed by atoms with Crippen LogP contribution in [0.2, 0.25) is 0 Å². The highest BCUT2D eigenvalue weighted by molar-refractivity contribution is 7.10. The van der Waals surface area contributed by atoms with Gasteiger partial charge in [-0.1, -0.05) is 18.2 Å². The number of benzene rings is 1. The summed E-state index contributed by atoms with van der Waals surface area (Å²) in [5, 5.41) is 18.9. The van der Waals surface area contributed by atoms with Crippen molar-refractivity contribution >= 4 is 28.6 Å². The van der Waals surface area contributed by atoms with E-state index in [1.807, 2.05) is 17.5 Å².